The molecule has 152 valence electrons. The van der Waals surface area contributed by atoms with E-state index in [4.69, 9.17) is 9.47 Å². The van der Waals surface area contributed by atoms with Gasteiger partial charge in [-0.3, -0.25) is 10.1 Å². The first-order valence-electron chi connectivity index (χ1n) is 9.99. The summed E-state index contributed by atoms with van der Waals surface area (Å²) < 4.78 is 11.0. The van der Waals surface area contributed by atoms with Crippen molar-refractivity contribution >= 4 is 23.3 Å². The number of rotatable bonds is 4. The molecule has 3 N–H and O–H groups in total. The predicted octanol–water partition coefficient (Wildman–Crippen LogP) is 3.49. The van der Waals surface area contributed by atoms with E-state index in [1.165, 1.54) is 17.5 Å². The van der Waals surface area contributed by atoms with Gasteiger partial charge < -0.3 is 20.1 Å². The Balaban J connectivity index is 1.35. The van der Waals surface area contributed by atoms with Crippen LogP contribution in [0.5, 0.6) is 11.5 Å². The molecule has 1 atom stereocenters. The van der Waals surface area contributed by atoms with Crippen molar-refractivity contribution in [2.45, 2.75) is 38.6 Å². The number of carbonyl (C=O) groups is 2. The van der Waals surface area contributed by atoms with Crippen LogP contribution in [-0.2, 0) is 17.6 Å². The van der Waals surface area contributed by atoms with E-state index in [-0.39, 0.29) is 0 Å². The number of anilines is 2. The fourth-order valence-electron chi connectivity index (χ4n) is 3.72. The average molecular weight is 395 g/mol. The molecule has 2 aromatic carbocycles. The first kappa shape index (κ1) is 19.1. The number of aryl methyl sites for hydroxylation is 1. The highest BCUT2D eigenvalue weighted by atomic mass is 16.6. The number of imide groups is 1. The lowest BCUT2D eigenvalue weighted by molar-refractivity contribution is -0.120. The summed E-state index contributed by atoms with van der Waals surface area (Å²) in [5.74, 6) is 0.819. The Kier molecular flexibility index (Phi) is 5.55. The van der Waals surface area contributed by atoms with Crippen molar-refractivity contribution in [2.24, 2.45) is 0 Å². The molecule has 4 rings (SSSR count). The number of ether oxygens (including phenoxy) is 2. The second-order valence-corrected chi connectivity index (χ2v) is 7.32. The van der Waals surface area contributed by atoms with Crippen molar-refractivity contribution in [1.82, 2.24) is 5.32 Å². The molecular weight excluding hydrogens is 370 g/mol. The average Bonchev–Trinajstić information content (AvgIpc) is 2.73. The maximum atomic E-state index is 12.5. The van der Waals surface area contributed by atoms with Crippen LogP contribution in [0.2, 0.25) is 0 Å². The van der Waals surface area contributed by atoms with Gasteiger partial charge in [0.25, 0.3) is 0 Å². The van der Waals surface area contributed by atoms with Crippen LogP contribution in [0.1, 0.15) is 30.9 Å². The first-order chi connectivity index (χ1) is 14.1. The number of hydrogen-bond acceptors (Lipinski definition) is 5. The largest absolute Gasteiger partial charge is 0.486 e. The van der Waals surface area contributed by atoms with Crippen LogP contribution < -0.4 is 25.4 Å². The van der Waals surface area contributed by atoms with Gasteiger partial charge in [0.1, 0.15) is 19.3 Å². The molecule has 7 heteroatoms. The zero-order valence-corrected chi connectivity index (χ0v) is 16.4. The quantitative estimate of drug-likeness (QED) is 0.738. The Labute approximate surface area is 169 Å². The fourth-order valence-corrected chi connectivity index (χ4v) is 3.72. The molecule has 0 radical (unpaired) electrons. The SMILES string of the molecule is CC(Nc1cccc2c1CCCC2)C(=O)NC(=O)Nc1ccc2c(c1)OCCO2. The van der Waals surface area contributed by atoms with E-state index in [1.54, 1.807) is 25.1 Å². The van der Waals surface area contributed by atoms with Gasteiger partial charge in [0.2, 0.25) is 5.91 Å². The molecule has 7 nitrogen and oxygen atoms in total. The van der Waals surface area contributed by atoms with Gasteiger partial charge in [-0.05, 0) is 61.9 Å². The minimum Gasteiger partial charge on any atom is -0.486 e. The van der Waals surface area contributed by atoms with Crippen molar-refractivity contribution in [3.8, 4) is 11.5 Å². The maximum absolute atomic E-state index is 12.5. The lowest BCUT2D eigenvalue weighted by atomic mass is 9.90. The summed E-state index contributed by atoms with van der Waals surface area (Å²) in [7, 11) is 0. The molecule has 1 unspecified atom stereocenters. The van der Waals surface area contributed by atoms with E-state index in [1.807, 2.05) is 12.1 Å². The first-order valence-corrected chi connectivity index (χ1v) is 9.99. The third kappa shape index (κ3) is 4.45. The van der Waals surface area contributed by atoms with Crippen molar-refractivity contribution in [1.29, 1.82) is 0 Å². The summed E-state index contributed by atoms with van der Waals surface area (Å²) in [6.07, 6.45) is 4.44. The van der Waals surface area contributed by atoms with Gasteiger partial charge in [0.15, 0.2) is 11.5 Å². The molecule has 3 amide bonds. The number of benzene rings is 2. The van der Waals surface area contributed by atoms with Crippen LogP contribution >= 0.6 is 0 Å². The number of urea groups is 1. The van der Waals surface area contributed by atoms with Gasteiger partial charge in [-0.15, -0.1) is 0 Å². The minimum absolute atomic E-state index is 0.395. The highest BCUT2D eigenvalue weighted by molar-refractivity contribution is 6.03. The molecule has 1 aliphatic heterocycles. The third-order valence-electron chi connectivity index (χ3n) is 5.20. The van der Waals surface area contributed by atoms with Gasteiger partial charge in [0.05, 0.1) is 0 Å². The number of carbonyl (C=O) groups excluding carboxylic acids is 2. The van der Waals surface area contributed by atoms with Crippen LogP contribution in [0.3, 0.4) is 0 Å². The molecule has 2 aromatic rings. The molecule has 29 heavy (non-hydrogen) atoms. The minimum atomic E-state index is -0.588. The third-order valence-corrected chi connectivity index (χ3v) is 5.20. The number of nitrogens with one attached hydrogen (secondary N) is 3. The molecule has 0 saturated heterocycles. The second-order valence-electron chi connectivity index (χ2n) is 7.32. The van der Waals surface area contributed by atoms with Crippen LogP contribution in [-0.4, -0.2) is 31.2 Å². The predicted molar refractivity (Wildman–Crippen MR) is 111 cm³/mol. The highest BCUT2D eigenvalue weighted by Crippen LogP contribution is 2.32. The topological polar surface area (TPSA) is 88.7 Å². The Morgan fingerprint density at radius 1 is 1.00 bits per heavy atom. The number of amides is 3. The lowest BCUT2D eigenvalue weighted by Crippen LogP contribution is -2.43. The maximum Gasteiger partial charge on any atom is 0.325 e. The van der Waals surface area contributed by atoms with Crippen molar-refractivity contribution < 1.29 is 19.1 Å². The van der Waals surface area contributed by atoms with E-state index in [0.717, 1.165) is 24.9 Å². The Hall–Kier alpha value is -3.22. The van der Waals surface area contributed by atoms with Crippen LogP contribution in [0.15, 0.2) is 36.4 Å². The zero-order chi connectivity index (χ0) is 20.2. The van der Waals surface area contributed by atoms with Gasteiger partial charge >= 0.3 is 6.03 Å². The molecular formula is C22H25N3O4. The summed E-state index contributed by atoms with van der Waals surface area (Å²) in [6, 6.07) is 10.1. The molecule has 0 fully saturated rings. The van der Waals surface area contributed by atoms with Gasteiger partial charge in [-0.2, -0.15) is 0 Å². The summed E-state index contributed by atoms with van der Waals surface area (Å²) in [5.41, 5.74) is 4.11. The smallest absolute Gasteiger partial charge is 0.325 e. The standard InChI is InChI=1S/C22H25N3O4/c1-14(23-18-8-4-6-15-5-2-3-7-17(15)18)21(26)25-22(27)24-16-9-10-19-20(13-16)29-12-11-28-19/h4,6,8-10,13-14,23H,2-3,5,7,11-12H2,1H3,(H2,24,25,26,27). The van der Waals surface area contributed by atoms with Crippen molar-refractivity contribution in [2.75, 3.05) is 23.8 Å². The summed E-state index contributed by atoms with van der Waals surface area (Å²) in [5, 5.41) is 8.29. The number of fused-ring (bicyclic) bond motifs is 2. The second kappa shape index (κ2) is 8.43. The van der Waals surface area contributed by atoms with Gasteiger partial charge in [-0.1, -0.05) is 12.1 Å². The zero-order valence-electron chi connectivity index (χ0n) is 16.4. The molecule has 0 saturated carbocycles. The summed E-state index contributed by atoms with van der Waals surface area (Å²) in [4.78, 5) is 24.7. The molecule has 0 spiro atoms. The van der Waals surface area contributed by atoms with E-state index < -0.39 is 18.0 Å². The normalized spacial score (nSPS) is 15.6. The van der Waals surface area contributed by atoms with E-state index >= 15 is 0 Å². The van der Waals surface area contributed by atoms with E-state index in [0.29, 0.717) is 30.4 Å². The van der Waals surface area contributed by atoms with Crippen molar-refractivity contribution in [3.05, 3.63) is 47.5 Å². The van der Waals surface area contributed by atoms with Crippen LogP contribution in [0.25, 0.3) is 0 Å². The van der Waals surface area contributed by atoms with Crippen molar-refractivity contribution in [3.63, 3.8) is 0 Å². The Bertz CT molecular complexity index is 928. The lowest BCUT2D eigenvalue weighted by Gasteiger charge is -2.22. The molecule has 0 aromatic heterocycles. The van der Waals surface area contributed by atoms with Crippen LogP contribution in [0.4, 0.5) is 16.2 Å². The molecule has 1 heterocycles. The molecule has 0 bridgehead atoms. The molecule has 2 aliphatic rings. The molecule has 1 aliphatic carbocycles. The Morgan fingerprint density at radius 2 is 1.79 bits per heavy atom. The monoisotopic (exact) mass is 395 g/mol. The summed E-state index contributed by atoms with van der Waals surface area (Å²) in [6.45, 7) is 2.71. The van der Waals surface area contributed by atoms with E-state index in [9.17, 15) is 9.59 Å². The fraction of sp³-hybridized carbons (Fsp3) is 0.364. The van der Waals surface area contributed by atoms with E-state index in [2.05, 4.69) is 22.0 Å². The number of hydrogen-bond donors (Lipinski definition) is 3. The highest BCUT2D eigenvalue weighted by Gasteiger charge is 2.20. The van der Waals surface area contributed by atoms with Gasteiger partial charge in [0, 0.05) is 17.4 Å². The van der Waals surface area contributed by atoms with Crippen LogP contribution in [0, 0.1) is 0 Å². The van der Waals surface area contributed by atoms with Gasteiger partial charge in [-0.25, -0.2) is 4.79 Å². The summed E-state index contributed by atoms with van der Waals surface area (Å²) >= 11 is 0. The Morgan fingerprint density at radius 3 is 2.66 bits per heavy atom.